The number of benzene rings is 4. The van der Waals surface area contributed by atoms with Crippen molar-refractivity contribution in [3.63, 3.8) is 0 Å². The van der Waals surface area contributed by atoms with Crippen LogP contribution in [0.3, 0.4) is 0 Å². The summed E-state index contributed by atoms with van der Waals surface area (Å²) in [5, 5.41) is 11.3. The highest BCUT2D eigenvalue weighted by Crippen LogP contribution is 2.38. The number of halogens is 1. The lowest BCUT2D eigenvalue weighted by Gasteiger charge is -2.36. The van der Waals surface area contributed by atoms with Gasteiger partial charge in [0, 0.05) is 12.1 Å². The number of rotatable bonds is 8. The zero-order valence-electron chi connectivity index (χ0n) is 22.1. The standard InChI is InChI=1S/C31H22ClN3O6S/c1-40-27-18-21(17-26(32)28(27)41-19-20-9-8-14-24(15-20)35(38)39)16-25-29(36)33(22-10-4-2-5-11-22)31(42)34(30(25)37)23-12-6-3-7-13-23/h2-18H,19H2,1H3. The number of nitrogens with zero attached hydrogens (tertiary/aromatic N) is 3. The molecule has 210 valence electrons. The van der Waals surface area contributed by atoms with Crippen LogP contribution < -0.4 is 19.3 Å². The highest BCUT2D eigenvalue weighted by Gasteiger charge is 2.41. The maximum Gasteiger partial charge on any atom is 0.270 e. The van der Waals surface area contributed by atoms with Gasteiger partial charge in [-0.25, -0.2) is 0 Å². The second kappa shape index (κ2) is 12.2. The number of hydrogen-bond donors (Lipinski definition) is 0. The normalized spacial score (nSPS) is 13.3. The topological polar surface area (TPSA) is 102 Å². The summed E-state index contributed by atoms with van der Waals surface area (Å²) in [6, 6.07) is 26.8. The summed E-state index contributed by atoms with van der Waals surface area (Å²) in [5.41, 5.74) is 1.78. The van der Waals surface area contributed by atoms with Gasteiger partial charge in [0.15, 0.2) is 16.6 Å². The molecule has 0 bridgehead atoms. The third-order valence-corrected chi connectivity index (χ3v) is 6.99. The molecule has 0 atom stereocenters. The Morgan fingerprint density at radius 3 is 2.02 bits per heavy atom. The number of thiocarbonyl (C=S) groups is 1. The van der Waals surface area contributed by atoms with Gasteiger partial charge >= 0.3 is 0 Å². The number of anilines is 2. The van der Waals surface area contributed by atoms with E-state index in [1.807, 2.05) is 12.1 Å². The number of nitro benzene ring substituents is 1. The van der Waals surface area contributed by atoms with Crippen LogP contribution in [0.4, 0.5) is 17.1 Å². The molecule has 0 saturated carbocycles. The van der Waals surface area contributed by atoms with Crippen LogP contribution in [-0.4, -0.2) is 29.0 Å². The maximum atomic E-state index is 13.8. The molecule has 11 heteroatoms. The molecule has 0 spiro atoms. The molecule has 9 nitrogen and oxygen atoms in total. The summed E-state index contributed by atoms with van der Waals surface area (Å²) in [6.07, 6.45) is 1.43. The third kappa shape index (κ3) is 5.71. The van der Waals surface area contributed by atoms with E-state index < -0.39 is 16.7 Å². The molecule has 42 heavy (non-hydrogen) atoms. The van der Waals surface area contributed by atoms with E-state index in [1.165, 1.54) is 41.2 Å². The van der Waals surface area contributed by atoms with Crippen molar-refractivity contribution in [2.75, 3.05) is 16.9 Å². The van der Waals surface area contributed by atoms with E-state index in [1.54, 1.807) is 66.7 Å². The molecule has 0 unspecified atom stereocenters. The minimum Gasteiger partial charge on any atom is -0.493 e. The fourth-order valence-electron chi connectivity index (χ4n) is 4.38. The molecule has 1 aliphatic heterocycles. The molecule has 0 aromatic heterocycles. The van der Waals surface area contributed by atoms with Crippen LogP contribution in [0.25, 0.3) is 6.08 Å². The van der Waals surface area contributed by atoms with E-state index in [0.29, 0.717) is 22.5 Å². The highest BCUT2D eigenvalue weighted by atomic mass is 35.5. The number of amides is 2. The molecule has 5 rings (SSSR count). The number of carbonyl (C=O) groups is 2. The molecule has 2 amide bonds. The predicted octanol–water partition coefficient (Wildman–Crippen LogP) is 6.58. The fraction of sp³-hybridized carbons (Fsp3) is 0.0645. The minimum atomic E-state index is -0.593. The SMILES string of the molecule is COc1cc(C=C2C(=O)N(c3ccccc3)C(=S)N(c3ccccc3)C2=O)cc(Cl)c1OCc1cccc([N+](=O)[O-])c1. The van der Waals surface area contributed by atoms with Crippen LogP contribution in [0.5, 0.6) is 11.5 Å². The van der Waals surface area contributed by atoms with Crippen LogP contribution in [0.1, 0.15) is 11.1 Å². The number of non-ortho nitro benzene ring substituents is 1. The molecule has 1 saturated heterocycles. The Morgan fingerprint density at radius 1 is 0.881 bits per heavy atom. The average Bonchev–Trinajstić information content (AvgIpc) is 2.99. The van der Waals surface area contributed by atoms with Gasteiger partial charge < -0.3 is 9.47 Å². The smallest absolute Gasteiger partial charge is 0.270 e. The van der Waals surface area contributed by atoms with Crippen molar-refractivity contribution in [2.45, 2.75) is 6.61 Å². The first-order valence-electron chi connectivity index (χ1n) is 12.6. The summed E-state index contributed by atoms with van der Waals surface area (Å²) in [5.74, 6) is -0.744. The van der Waals surface area contributed by atoms with Gasteiger partial charge in [0.2, 0.25) is 0 Å². The van der Waals surface area contributed by atoms with Crippen LogP contribution in [0.2, 0.25) is 5.02 Å². The van der Waals surface area contributed by atoms with Gasteiger partial charge in [-0.2, -0.15) is 0 Å². The van der Waals surface area contributed by atoms with Crippen molar-refractivity contribution < 1.29 is 24.0 Å². The van der Waals surface area contributed by atoms with Crippen molar-refractivity contribution in [1.29, 1.82) is 0 Å². The molecular weight excluding hydrogens is 578 g/mol. The van der Waals surface area contributed by atoms with E-state index in [2.05, 4.69) is 0 Å². The Morgan fingerprint density at radius 2 is 1.48 bits per heavy atom. The van der Waals surface area contributed by atoms with Gasteiger partial charge in [0.1, 0.15) is 12.2 Å². The first-order chi connectivity index (χ1) is 20.3. The van der Waals surface area contributed by atoms with E-state index in [4.69, 9.17) is 33.3 Å². The second-order valence-electron chi connectivity index (χ2n) is 9.04. The Labute approximate surface area is 251 Å². The number of carbonyl (C=O) groups excluding carboxylic acids is 2. The molecule has 4 aromatic rings. The minimum absolute atomic E-state index is 0.00924. The van der Waals surface area contributed by atoms with Crippen molar-refractivity contribution in [3.8, 4) is 11.5 Å². The van der Waals surface area contributed by atoms with E-state index >= 15 is 0 Å². The lowest BCUT2D eigenvalue weighted by atomic mass is 10.0. The van der Waals surface area contributed by atoms with Crippen molar-refractivity contribution >= 4 is 63.9 Å². The zero-order valence-corrected chi connectivity index (χ0v) is 23.7. The molecule has 4 aromatic carbocycles. The summed E-state index contributed by atoms with van der Waals surface area (Å²) >= 11 is 12.2. The summed E-state index contributed by atoms with van der Waals surface area (Å²) < 4.78 is 11.4. The van der Waals surface area contributed by atoms with E-state index in [-0.39, 0.29) is 39.5 Å². The third-order valence-electron chi connectivity index (χ3n) is 6.35. The summed E-state index contributed by atoms with van der Waals surface area (Å²) in [6.45, 7) is -0.00924. The number of nitro groups is 1. The number of para-hydroxylation sites is 2. The van der Waals surface area contributed by atoms with Crippen molar-refractivity contribution in [1.82, 2.24) is 0 Å². The largest absolute Gasteiger partial charge is 0.493 e. The molecule has 0 radical (unpaired) electrons. The maximum absolute atomic E-state index is 13.8. The number of ether oxygens (including phenoxy) is 2. The molecule has 1 aliphatic rings. The fourth-order valence-corrected chi connectivity index (χ4v) is 5.03. The van der Waals surface area contributed by atoms with Gasteiger partial charge in [-0.15, -0.1) is 0 Å². The predicted molar refractivity (Wildman–Crippen MR) is 164 cm³/mol. The Kier molecular flexibility index (Phi) is 8.28. The van der Waals surface area contributed by atoms with Crippen LogP contribution in [0.15, 0.2) is 103 Å². The van der Waals surface area contributed by atoms with Gasteiger partial charge in [0.25, 0.3) is 17.5 Å². The number of hydrogen-bond acceptors (Lipinski definition) is 7. The van der Waals surface area contributed by atoms with Gasteiger partial charge in [-0.1, -0.05) is 60.1 Å². The molecule has 1 heterocycles. The lowest BCUT2D eigenvalue weighted by molar-refractivity contribution is -0.384. The first kappa shape index (κ1) is 28.5. The highest BCUT2D eigenvalue weighted by molar-refractivity contribution is 7.81. The summed E-state index contributed by atoms with van der Waals surface area (Å²) in [7, 11) is 1.42. The Bertz CT molecular complexity index is 1670. The average molecular weight is 600 g/mol. The molecule has 0 N–H and O–H groups in total. The van der Waals surface area contributed by atoms with Gasteiger partial charge in [0.05, 0.1) is 28.4 Å². The van der Waals surface area contributed by atoms with Crippen molar-refractivity contribution in [2.24, 2.45) is 0 Å². The molecule has 1 fully saturated rings. The van der Waals surface area contributed by atoms with Crippen LogP contribution in [0, 0.1) is 10.1 Å². The molecular formula is C31H22ClN3O6S. The van der Waals surface area contributed by atoms with Gasteiger partial charge in [-0.05, 0) is 65.8 Å². The lowest BCUT2D eigenvalue weighted by Crippen LogP contribution is -2.56. The molecule has 0 aliphatic carbocycles. The van der Waals surface area contributed by atoms with Crippen LogP contribution in [-0.2, 0) is 16.2 Å². The Hall–Kier alpha value is -5.06. The van der Waals surface area contributed by atoms with Gasteiger partial charge in [-0.3, -0.25) is 29.5 Å². The first-order valence-corrected chi connectivity index (χ1v) is 13.4. The number of methoxy groups -OCH3 is 1. The zero-order chi connectivity index (χ0) is 29.8. The van der Waals surface area contributed by atoms with E-state index in [0.717, 1.165) is 0 Å². The van der Waals surface area contributed by atoms with Crippen LogP contribution >= 0.6 is 23.8 Å². The quantitative estimate of drug-likeness (QED) is 0.0740. The summed E-state index contributed by atoms with van der Waals surface area (Å²) in [4.78, 5) is 40.7. The Balaban J connectivity index is 1.52. The second-order valence-corrected chi connectivity index (χ2v) is 9.81. The monoisotopic (exact) mass is 599 g/mol. The van der Waals surface area contributed by atoms with Crippen molar-refractivity contribution in [3.05, 3.63) is 129 Å². The van der Waals surface area contributed by atoms with E-state index in [9.17, 15) is 19.7 Å².